The van der Waals surface area contributed by atoms with Gasteiger partial charge in [0, 0.05) is 18.3 Å². The molecule has 1 fully saturated rings. The minimum absolute atomic E-state index is 0.0849. The van der Waals surface area contributed by atoms with Gasteiger partial charge in [0.15, 0.2) is 6.10 Å². The van der Waals surface area contributed by atoms with Crippen molar-refractivity contribution in [1.82, 2.24) is 9.80 Å². The van der Waals surface area contributed by atoms with E-state index >= 15 is 0 Å². The Morgan fingerprint density at radius 3 is 2.38 bits per heavy atom. The maximum absolute atomic E-state index is 12.5. The van der Waals surface area contributed by atoms with Gasteiger partial charge in [0.25, 0.3) is 11.8 Å². The monoisotopic (exact) mass is 395 g/mol. The van der Waals surface area contributed by atoms with Crippen LogP contribution in [0.5, 0.6) is 0 Å². The Morgan fingerprint density at radius 2 is 1.72 bits per heavy atom. The molecule has 0 spiro atoms. The number of hydrogen-bond donors (Lipinski definition) is 1. The number of esters is 1. The second-order valence-electron chi connectivity index (χ2n) is 6.65. The summed E-state index contributed by atoms with van der Waals surface area (Å²) >= 11 is 0. The average molecular weight is 395 g/mol. The van der Waals surface area contributed by atoms with Crippen LogP contribution in [0.15, 0.2) is 54.6 Å². The van der Waals surface area contributed by atoms with Crippen molar-refractivity contribution < 1.29 is 23.9 Å². The number of hydrogen-bond acceptors (Lipinski definition) is 5. The molecular weight excluding hydrogens is 374 g/mol. The zero-order chi connectivity index (χ0) is 21.0. The van der Waals surface area contributed by atoms with E-state index in [1.54, 1.807) is 12.1 Å². The van der Waals surface area contributed by atoms with Crippen molar-refractivity contribution in [2.75, 3.05) is 25.5 Å². The summed E-state index contributed by atoms with van der Waals surface area (Å²) in [6.45, 7) is 0.816. The number of urea groups is 1. The van der Waals surface area contributed by atoms with Crippen LogP contribution in [0.3, 0.4) is 0 Å². The first-order chi connectivity index (χ1) is 13.9. The lowest BCUT2D eigenvalue weighted by Crippen LogP contribution is -2.39. The smallest absolute Gasteiger partial charge is 0.327 e. The molecule has 1 aliphatic heterocycles. The second-order valence-corrected chi connectivity index (χ2v) is 6.65. The number of benzene rings is 2. The Hall–Kier alpha value is -3.68. The molecule has 2 aromatic rings. The fourth-order valence-electron chi connectivity index (χ4n) is 2.94. The molecule has 0 unspecified atom stereocenters. The topological polar surface area (TPSA) is 96.0 Å². The van der Waals surface area contributed by atoms with Crippen molar-refractivity contribution in [2.45, 2.75) is 13.0 Å². The van der Waals surface area contributed by atoms with E-state index in [4.69, 9.17) is 4.74 Å². The molecule has 0 saturated carbocycles. The number of carbonyl (C=O) groups excluding carboxylic acids is 4. The number of para-hydroxylation sites is 1. The molecule has 8 heteroatoms. The molecular formula is C21H21N3O5. The highest BCUT2D eigenvalue weighted by Gasteiger charge is 2.35. The minimum atomic E-state index is -1.10. The number of likely N-dealkylation sites (N-methyl/N-ethyl adjacent to an activating group) is 1. The predicted octanol–water partition coefficient (Wildman–Crippen LogP) is 2.12. The van der Waals surface area contributed by atoms with Gasteiger partial charge in [-0.1, -0.05) is 48.5 Å². The van der Waals surface area contributed by atoms with E-state index in [1.165, 1.54) is 18.9 Å². The minimum Gasteiger partial charge on any atom is -0.451 e. The van der Waals surface area contributed by atoms with Gasteiger partial charge in [-0.25, -0.2) is 4.79 Å². The maximum Gasteiger partial charge on any atom is 0.327 e. The van der Waals surface area contributed by atoms with Gasteiger partial charge in [-0.15, -0.1) is 0 Å². The largest absolute Gasteiger partial charge is 0.451 e. The number of amides is 4. The van der Waals surface area contributed by atoms with Crippen LogP contribution in [-0.4, -0.2) is 59.9 Å². The highest BCUT2D eigenvalue weighted by molar-refractivity contribution is 6.04. The third kappa shape index (κ3) is 4.60. The van der Waals surface area contributed by atoms with Crippen LogP contribution < -0.4 is 5.32 Å². The molecule has 1 atom stereocenters. The van der Waals surface area contributed by atoms with Crippen molar-refractivity contribution in [3.8, 4) is 11.1 Å². The van der Waals surface area contributed by atoms with E-state index in [-0.39, 0.29) is 6.54 Å². The van der Waals surface area contributed by atoms with E-state index in [0.29, 0.717) is 5.69 Å². The lowest BCUT2D eigenvalue weighted by atomic mass is 10.0. The number of carbonyl (C=O) groups is 4. The van der Waals surface area contributed by atoms with Crippen molar-refractivity contribution in [3.05, 3.63) is 54.6 Å². The summed E-state index contributed by atoms with van der Waals surface area (Å²) in [5.74, 6) is -1.83. The van der Waals surface area contributed by atoms with Crippen LogP contribution >= 0.6 is 0 Å². The number of anilines is 1. The van der Waals surface area contributed by atoms with Crippen LogP contribution in [0.25, 0.3) is 11.1 Å². The fraction of sp³-hybridized carbons (Fsp3) is 0.238. The van der Waals surface area contributed by atoms with E-state index in [2.05, 4.69) is 5.32 Å². The number of ether oxygens (including phenoxy) is 1. The first-order valence-electron chi connectivity index (χ1n) is 9.07. The van der Waals surface area contributed by atoms with Gasteiger partial charge in [0.05, 0.1) is 0 Å². The summed E-state index contributed by atoms with van der Waals surface area (Å²) in [7, 11) is 1.46. The zero-order valence-corrected chi connectivity index (χ0v) is 16.1. The van der Waals surface area contributed by atoms with Crippen molar-refractivity contribution in [2.24, 2.45) is 0 Å². The molecule has 1 heterocycles. The summed E-state index contributed by atoms with van der Waals surface area (Å²) in [6.07, 6.45) is -1.10. The lowest BCUT2D eigenvalue weighted by Gasteiger charge is -2.17. The molecule has 1 aliphatic rings. The van der Waals surface area contributed by atoms with Gasteiger partial charge in [0.2, 0.25) is 0 Å². The van der Waals surface area contributed by atoms with E-state index in [1.807, 2.05) is 42.5 Å². The van der Waals surface area contributed by atoms with Gasteiger partial charge >= 0.3 is 12.0 Å². The molecule has 4 amide bonds. The molecule has 8 nitrogen and oxygen atoms in total. The Kier molecular flexibility index (Phi) is 5.92. The summed E-state index contributed by atoms with van der Waals surface area (Å²) < 4.78 is 5.11. The second kappa shape index (κ2) is 8.55. The fourth-order valence-corrected chi connectivity index (χ4v) is 2.94. The molecule has 0 bridgehead atoms. The molecule has 3 rings (SSSR count). The summed E-state index contributed by atoms with van der Waals surface area (Å²) in [5.41, 5.74) is 2.35. The summed E-state index contributed by atoms with van der Waals surface area (Å²) in [6, 6.07) is 16.3. The highest BCUT2D eigenvalue weighted by Crippen LogP contribution is 2.27. The summed E-state index contributed by atoms with van der Waals surface area (Å²) in [5, 5.41) is 2.76. The number of nitrogens with one attached hydrogen (secondary N) is 1. The highest BCUT2D eigenvalue weighted by atomic mass is 16.5. The molecule has 0 radical (unpaired) electrons. The number of nitrogens with zero attached hydrogens (tertiary/aromatic N) is 2. The standard InChI is InChI=1S/C21H21N3O5/c1-14(29-19(26)13-24-18(25)12-23(2)21(24)28)20(27)22-17-11-7-6-10-16(17)15-8-4-3-5-9-15/h3-11,14H,12-13H2,1-2H3,(H,22,27)/t14-/m1/s1. The van der Waals surface area contributed by atoms with Crippen LogP contribution in [0.4, 0.5) is 10.5 Å². The van der Waals surface area contributed by atoms with Gasteiger partial charge in [0.1, 0.15) is 13.1 Å². The van der Waals surface area contributed by atoms with Crippen molar-refractivity contribution >= 4 is 29.5 Å². The van der Waals surface area contributed by atoms with E-state index in [9.17, 15) is 19.2 Å². The lowest BCUT2D eigenvalue weighted by molar-refractivity contribution is -0.154. The van der Waals surface area contributed by atoms with Gasteiger partial charge in [-0.2, -0.15) is 0 Å². The predicted molar refractivity (Wildman–Crippen MR) is 106 cm³/mol. The molecule has 150 valence electrons. The van der Waals surface area contributed by atoms with Crippen LogP contribution in [0.1, 0.15) is 6.92 Å². The van der Waals surface area contributed by atoms with E-state index < -0.39 is 36.5 Å². The van der Waals surface area contributed by atoms with E-state index in [0.717, 1.165) is 16.0 Å². The Morgan fingerprint density at radius 1 is 1.07 bits per heavy atom. The van der Waals surface area contributed by atoms with Crippen molar-refractivity contribution in [3.63, 3.8) is 0 Å². The Labute approximate surface area is 168 Å². The van der Waals surface area contributed by atoms with Crippen LogP contribution in [0, 0.1) is 0 Å². The molecule has 2 aromatic carbocycles. The van der Waals surface area contributed by atoms with Gasteiger partial charge in [-0.05, 0) is 18.6 Å². The first-order valence-corrected chi connectivity index (χ1v) is 9.07. The van der Waals surface area contributed by atoms with Crippen LogP contribution in [-0.2, 0) is 19.1 Å². The Balaban J connectivity index is 1.62. The normalized spacial score (nSPS) is 14.7. The first kappa shape index (κ1) is 20.1. The van der Waals surface area contributed by atoms with Gasteiger partial charge in [-0.3, -0.25) is 19.3 Å². The van der Waals surface area contributed by atoms with Gasteiger partial charge < -0.3 is 15.0 Å². The molecule has 0 aromatic heterocycles. The Bertz CT molecular complexity index is 944. The third-order valence-corrected chi connectivity index (χ3v) is 4.47. The third-order valence-electron chi connectivity index (χ3n) is 4.47. The summed E-state index contributed by atoms with van der Waals surface area (Å²) in [4.78, 5) is 50.2. The number of rotatable bonds is 6. The van der Waals surface area contributed by atoms with Crippen LogP contribution in [0.2, 0.25) is 0 Å². The molecule has 0 aliphatic carbocycles. The SMILES string of the molecule is C[C@@H](OC(=O)CN1C(=O)CN(C)C1=O)C(=O)Nc1ccccc1-c1ccccc1. The average Bonchev–Trinajstić information content (AvgIpc) is 2.95. The zero-order valence-electron chi connectivity index (χ0n) is 16.1. The number of imide groups is 1. The maximum atomic E-state index is 12.5. The quantitative estimate of drug-likeness (QED) is 0.597. The molecule has 1 N–H and O–H groups in total. The molecule has 29 heavy (non-hydrogen) atoms. The van der Waals surface area contributed by atoms with Crippen molar-refractivity contribution in [1.29, 1.82) is 0 Å². The molecule has 1 saturated heterocycles.